The number of rotatable bonds is 4. The Labute approximate surface area is 292 Å². The third kappa shape index (κ3) is 4.03. The van der Waals surface area contributed by atoms with Gasteiger partial charge < -0.3 is 13.6 Å². The van der Waals surface area contributed by atoms with E-state index in [2.05, 4.69) is 130 Å². The van der Waals surface area contributed by atoms with Gasteiger partial charge in [0.1, 0.15) is 5.58 Å². The molecule has 7 aromatic carbocycles. The number of furan rings is 1. The van der Waals surface area contributed by atoms with Gasteiger partial charge in [-0.25, -0.2) is 4.98 Å². The van der Waals surface area contributed by atoms with Crippen molar-refractivity contribution in [2.45, 2.75) is 0 Å². The van der Waals surface area contributed by atoms with E-state index in [1.165, 1.54) is 32.6 Å². The fourth-order valence-corrected chi connectivity index (χ4v) is 8.04. The summed E-state index contributed by atoms with van der Waals surface area (Å²) in [5.74, 6) is 0.629. The number of para-hydroxylation sites is 5. The number of fused-ring (bicyclic) bond motifs is 10. The van der Waals surface area contributed by atoms with E-state index in [-0.39, 0.29) is 0 Å². The van der Waals surface area contributed by atoms with Crippen molar-refractivity contribution >= 4 is 65.7 Å². The molecule has 0 bridgehead atoms. The zero-order valence-electron chi connectivity index (χ0n) is 27.4. The predicted octanol–water partition coefficient (Wildman–Crippen LogP) is 11.9. The molecule has 0 spiro atoms. The Morgan fingerprint density at radius 1 is 0.412 bits per heavy atom. The summed E-state index contributed by atoms with van der Waals surface area (Å²) >= 11 is 0. The predicted molar refractivity (Wildman–Crippen MR) is 209 cm³/mol. The van der Waals surface area contributed by atoms with Gasteiger partial charge in [-0.3, -0.25) is 0 Å². The molecule has 0 aliphatic carbocycles. The molecule has 4 aromatic heterocycles. The third-order valence-electron chi connectivity index (χ3n) is 10.2. The van der Waals surface area contributed by atoms with Crippen LogP contribution in [0, 0.1) is 0 Å². The summed E-state index contributed by atoms with van der Waals surface area (Å²) in [7, 11) is 0. The number of nitrogens with zero attached hydrogens (tertiary/aromatic N) is 4. The summed E-state index contributed by atoms with van der Waals surface area (Å²) in [6, 6.07) is 59.6. The Bertz CT molecular complexity index is 3130. The molecule has 51 heavy (non-hydrogen) atoms. The molecule has 0 atom stereocenters. The van der Waals surface area contributed by atoms with Crippen LogP contribution < -0.4 is 0 Å². The molecule has 0 aliphatic heterocycles. The van der Waals surface area contributed by atoms with Crippen LogP contribution in [0.2, 0.25) is 0 Å². The number of aromatic nitrogens is 4. The van der Waals surface area contributed by atoms with Crippen LogP contribution >= 0.6 is 0 Å². The van der Waals surface area contributed by atoms with Gasteiger partial charge in [-0.2, -0.15) is 4.98 Å². The average Bonchev–Trinajstić information content (AvgIpc) is 3.86. The van der Waals surface area contributed by atoms with Crippen LogP contribution in [0.15, 0.2) is 174 Å². The van der Waals surface area contributed by atoms with Crippen LogP contribution in [-0.2, 0) is 0 Å². The van der Waals surface area contributed by atoms with Crippen molar-refractivity contribution in [1.29, 1.82) is 0 Å². The standard InChI is InChI=1S/C46H28N4O/c1-3-15-29(16-4-1)45-47-44(43-34-22-10-14-26-40(34)51-46(43)48-45)33-21-9-13-25-37(33)50-36-24-12-8-20-32(36)42-39(50)28-27-38-41(42)31-19-7-11-23-35(31)49(38)30-17-5-2-6-18-30/h1-28H. The van der Waals surface area contributed by atoms with Crippen LogP contribution in [0.5, 0.6) is 0 Å². The summed E-state index contributed by atoms with van der Waals surface area (Å²) in [4.78, 5) is 10.3. The number of benzene rings is 7. The van der Waals surface area contributed by atoms with E-state index in [0.29, 0.717) is 11.5 Å². The van der Waals surface area contributed by atoms with Crippen LogP contribution in [0.25, 0.3) is 99.7 Å². The molecule has 5 nitrogen and oxygen atoms in total. The largest absolute Gasteiger partial charge is 0.438 e. The molecule has 0 N–H and O–H groups in total. The van der Waals surface area contributed by atoms with E-state index in [1.54, 1.807) is 0 Å². The average molecular weight is 653 g/mol. The van der Waals surface area contributed by atoms with Gasteiger partial charge in [-0.15, -0.1) is 0 Å². The second kappa shape index (κ2) is 10.8. The first-order valence-electron chi connectivity index (χ1n) is 17.2. The normalized spacial score (nSPS) is 11.9. The van der Waals surface area contributed by atoms with E-state index in [0.717, 1.165) is 55.6 Å². The van der Waals surface area contributed by atoms with Crippen molar-refractivity contribution in [3.8, 4) is 34.0 Å². The lowest BCUT2D eigenvalue weighted by molar-refractivity contribution is 0.653. The van der Waals surface area contributed by atoms with Gasteiger partial charge in [0.15, 0.2) is 5.82 Å². The Kier molecular flexibility index (Phi) is 5.89. The van der Waals surface area contributed by atoms with Gasteiger partial charge in [-0.1, -0.05) is 121 Å². The fourth-order valence-electron chi connectivity index (χ4n) is 8.04. The summed E-state index contributed by atoms with van der Waals surface area (Å²) in [5.41, 5.74) is 11.0. The topological polar surface area (TPSA) is 48.8 Å². The molecule has 11 aromatic rings. The van der Waals surface area contributed by atoms with E-state index in [1.807, 2.05) is 48.5 Å². The van der Waals surface area contributed by atoms with Gasteiger partial charge in [-0.05, 0) is 48.5 Å². The van der Waals surface area contributed by atoms with E-state index >= 15 is 0 Å². The van der Waals surface area contributed by atoms with Crippen molar-refractivity contribution in [2.24, 2.45) is 0 Å². The lowest BCUT2D eigenvalue weighted by atomic mass is 10.0. The Morgan fingerprint density at radius 2 is 0.980 bits per heavy atom. The Hall–Kier alpha value is -6.98. The number of hydrogen-bond acceptors (Lipinski definition) is 3. The fraction of sp³-hybridized carbons (Fsp3) is 0. The van der Waals surface area contributed by atoms with Gasteiger partial charge in [0.05, 0.1) is 38.8 Å². The molecule has 0 fully saturated rings. The highest BCUT2D eigenvalue weighted by Gasteiger charge is 2.24. The van der Waals surface area contributed by atoms with Gasteiger partial charge in [0, 0.05) is 43.7 Å². The highest BCUT2D eigenvalue weighted by Crippen LogP contribution is 2.44. The van der Waals surface area contributed by atoms with E-state index in [4.69, 9.17) is 14.4 Å². The summed E-state index contributed by atoms with van der Waals surface area (Å²) in [6.45, 7) is 0. The van der Waals surface area contributed by atoms with Crippen molar-refractivity contribution in [3.63, 3.8) is 0 Å². The van der Waals surface area contributed by atoms with Crippen molar-refractivity contribution < 1.29 is 4.42 Å². The second-order valence-electron chi connectivity index (χ2n) is 13.0. The maximum absolute atomic E-state index is 6.42. The smallest absolute Gasteiger partial charge is 0.231 e. The summed E-state index contributed by atoms with van der Waals surface area (Å²) in [5, 5.41) is 6.82. The lowest BCUT2D eigenvalue weighted by Crippen LogP contribution is -2.00. The first-order chi connectivity index (χ1) is 25.3. The van der Waals surface area contributed by atoms with Crippen molar-refractivity contribution in [2.75, 3.05) is 0 Å². The van der Waals surface area contributed by atoms with Gasteiger partial charge in [0.25, 0.3) is 0 Å². The Morgan fingerprint density at radius 3 is 1.73 bits per heavy atom. The lowest BCUT2D eigenvalue weighted by Gasteiger charge is -2.15. The van der Waals surface area contributed by atoms with Gasteiger partial charge >= 0.3 is 0 Å². The highest BCUT2D eigenvalue weighted by molar-refractivity contribution is 6.29. The minimum atomic E-state index is 0.576. The first-order valence-corrected chi connectivity index (χ1v) is 17.2. The quantitative estimate of drug-likeness (QED) is 0.190. The maximum Gasteiger partial charge on any atom is 0.231 e. The van der Waals surface area contributed by atoms with Crippen LogP contribution in [0.1, 0.15) is 0 Å². The van der Waals surface area contributed by atoms with E-state index < -0.39 is 0 Å². The minimum absolute atomic E-state index is 0.576. The highest BCUT2D eigenvalue weighted by atomic mass is 16.3. The van der Waals surface area contributed by atoms with Crippen LogP contribution in [0.3, 0.4) is 0 Å². The zero-order chi connectivity index (χ0) is 33.5. The molecular weight excluding hydrogens is 625 g/mol. The second-order valence-corrected chi connectivity index (χ2v) is 13.0. The molecule has 0 saturated heterocycles. The van der Waals surface area contributed by atoms with E-state index in [9.17, 15) is 0 Å². The molecule has 238 valence electrons. The maximum atomic E-state index is 6.42. The molecule has 0 saturated carbocycles. The molecule has 0 radical (unpaired) electrons. The Balaban J connectivity index is 1.26. The minimum Gasteiger partial charge on any atom is -0.438 e. The van der Waals surface area contributed by atoms with Crippen molar-refractivity contribution in [1.82, 2.24) is 19.1 Å². The first kappa shape index (κ1) is 27.9. The van der Waals surface area contributed by atoms with Crippen LogP contribution in [-0.4, -0.2) is 19.1 Å². The third-order valence-corrected chi connectivity index (χ3v) is 10.2. The molecule has 0 amide bonds. The monoisotopic (exact) mass is 652 g/mol. The summed E-state index contributed by atoms with van der Waals surface area (Å²) < 4.78 is 11.2. The SMILES string of the molecule is c1ccc(-c2nc(-c3ccccc3-n3c4ccccc4c4c5c6ccccc6n(-c6ccccc6)c5ccc43)c3c(n2)oc2ccccc23)cc1. The zero-order valence-corrected chi connectivity index (χ0v) is 27.4. The molecule has 5 heteroatoms. The van der Waals surface area contributed by atoms with Crippen LogP contribution in [0.4, 0.5) is 0 Å². The van der Waals surface area contributed by atoms with Crippen molar-refractivity contribution in [3.05, 3.63) is 170 Å². The number of hydrogen-bond donors (Lipinski definition) is 0. The molecular formula is C46H28N4O. The molecule has 4 heterocycles. The molecule has 11 rings (SSSR count). The molecule has 0 unspecified atom stereocenters. The summed E-state index contributed by atoms with van der Waals surface area (Å²) in [6.07, 6.45) is 0. The molecule has 0 aliphatic rings. The van der Waals surface area contributed by atoms with Gasteiger partial charge in [0.2, 0.25) is 5.71 Å².